The molecule has 46 heavy (non-hydrogen) atoms. The molecule has 0 aliphatic carbocycles. The average Bonchev–Trinajstić information content (AvgIpc) is 2.91. The zero-order valence-electron chi connectivity index (χ0n) is 26.7. The fourth-order valence-electron chi connectivity index (χ4n) is 3.25. The highest BCUT2D eigenvalue weighted by Gasteiger charge is 2.38. The van der Waals surface area contributed by atoms with Crippen molar-refractivity contribution >= 4 is 87.3 Å². The molecule has 0 aromatic rings. The van der Waals surface area contributed by atoms with Gasteiger partial charge in [-0.25, -0.2) is 4.57 Å². The van der Waals surface area contributed by atoms with E-state index < -0.39 is 82.0 Å². The van der Waals surface area contributed by atoms with E-state index in [9.17, 15) is 28.5 Å². The molecule has 0 rings (SSSR count). The van der Waals surface area contributed by atoms with Gasteiger partial charge in [0, 0.05) is 26.8 Å². The maximum Gasteiger partial charge on any atom is 0.469 e. The normalized spacial score (nSPS) is 16.1. The van der Waals surface area contributed by atoms with Crippen LogP contribution in [0, 0.1) is 11.3 Å². The Balaban J connectivity index is 5.42. The van der Waals surface area contributed by atoms with Gasteiger partial charge in [-0.3, -0.25) is 28.5 Å². The molecule has 0 aliphatic heterocycles. The first-order valence-electron chi connectivity index (χ1n) is 14.4. The van der Waals surface area contributed by atoms with Crippen LogP contribution in [-0.4, -0.2) is 106 Å². The highest BCUT2D eigenvalue weighted by molar-refractivity contribution is 7.99. The molecule has 0 fully saturated rings. The lowest BCUT2D eigenvalue weighted by Gasteiger charge is -2.32. The Morgan fingerprint density at radius 2 is 1.02 bits per heavy atom. The molecule has 0 heterocycles. The Labute approximate surface area is 290 Å². The molecule has 19 heteroatoms. The molecule has 14 nitrogen and oxygen atoms in total. The summed E-state index contributed by atoms with van der Waals surface area (Å²) in [6.45, 7) is 6.05. The van der Waals surface area contributed by atoms with Crippen LogP contribution >= 0.6 is 57.5 Å². The van der Waals surface area contributed by atoms with E-state index in [2.05, 4.69) is 42.4 Å². The number of hydrogen-bond acceptors (Lipinski definition) is 16. The number of ether oxygens (including phenoxy) is 5. The Morgan fingerprint density at radius 3 is 1.37 bits per heavy atom. The summed E-state index contributed by atoms with van der Waals surface area (Å²) in [6.07, 6.45) is -0.137. The van der Waals surface area contributed by atoms with E-state index in [1.165, 1.54) is 11.8 Å². The predicted octanol–water partition coefficient (Wildman–Crippen LogP) is 3.07. The highest BCUT2D eigenvalue weighted by atomic mass is 32.2. The number of thiol groups is 3. The van der Waals surface area contributed by atoms with Crippen molar-refractivity contribution in [2.45, 2.75) is 81.3 Å². The van der Waals surface area contributed by atoms with E-state index in [-0.39, 0.29) is 59.0 Å². The van der Waals surface area contributed by atoms with Gasteiger partial charge in [-0.15, -0.1) is 0 Å². The maximum atomic E-state index is 12.8. The summed E-state index contributed by atoms with van der Waals surface area (Å²) >= 11 is 13.9. The summed E-state index contributed by atoms with van der Waals surface area (Å²) < 4.78 is 41.6. The summed E-state index contributed by atoms with van der Waals surface area (Å²) in [5.74, 6) is -3.37. The van der Waals surface area contributed by atoms with Crippen molar-refractivity contribution in [3.05, 3.63) is 0 Å². The van der Waals surface area contributed by atoms with Gasteiger partial charge in [0.25, 0.3) is 0 Å². The van der Waals surface area contributed by atoms with Crippen molar-refractivity contribution in [3.63, 3.8) is 0 Å². The lowest BCUT2D eigenvalue weighted by atomic mass is 9.92. The van der Waals surface area contributed by atoms with E-state index in [1.54, 1.807) is 34.6 Å². The van der Waals surface area contributed by atoms with Crippen LogP contribution in [0.25, 0.3) is 0 Å². The third-order valence-corrected chi connectivity index (χ3v) is 8.11. The van der Waals surface area contributed by atoms with Crippen LogP contribution in [0.15, 0.2) is 0 Å². The second kappa shape index (κ2) is 23.3. The van der Waals surface area contributed by atoms with Crippen molar-refractivity contribution in [1.82, 2.24) is 0 Å². The molecule has 0 amide bonds. The van der Waals surface area contributed by atoms with Gasteiger partial charge in [0.05, 0.1) is 38.2 Å². The van der Waals surface area contributed by atoms with E-state index in [0.29, 0.717) is 0 Å². The number of carbonyl (C=O) groups is 5. The van der Waals surface area contributed by atoms with Crippen LogP contribution in [-0.2, 0) is 56.7 Å². The van der Waals surface area contributed by atoms with E-state index >= 15 is 0 Å². The van der Waals surface area contributed by atoms with Gasteiger partial charge in [-0.1, -0.05) is 34.6 Å². The smallest absolute Gasteiger partial charge is 0.465 e. The van der Waals surface area contributed by atoms with Crippen molar-refractivity contribution in [2.75, 3.05) is 45.4 Å². The number of thioether (sulfide) groups is 1. The highest BCUT2D eigenvalue weighted by Crippen LogP contribution is 2.35. The van der Waals surface area contributed by atoms with E-state index in [0.717, 1.165) is 0 Å². The number of hydrogen-bond donors (Lipinski definition) is 5. The second-order valence-corrected chi connectivity index (χ2v) is 16.4. The number of phosphoric ester groups is 1. The first kappa shape index (κ1) is 44.9. The van der Waals surface area contributed by atoms with Gasteiger partial charge in [0.15, 0.2) is 0 Å². The molecule has 0 spiro atoms. The molecule has 0 saturated heterocycles. The predicted molar refractivity (Wildman–Crippen MR) is 180 cm³/mol. The Morgan fingerprint density at radius 1 is 0.652 bits per heavy atom. The molecule has 0 aliphatic rings. The molecular formula is C27H47O14PS4. The summed E-state index contributed by atoms with van der Waals surface area (Å²) in [4.78, 5) is 79.3. The number of rotatable bonds is 24. The largest absolute Gasteiger partial charge is 0.469 e. The molecule has 0 saturated carbocycles. The van der Waals surface area contributed by atoms with Crippen molar-refractivity contribution < 1.29 is 66.5 Å². The molecule has 0 aromatic heterocycles. The van der Waals surface area contributed by atoms with Crippen LogP contribution in [0.3, 0.4) is 0 Å². The SMILES string of the molecule is CC(S)CC(=O)OCC(COC(=O)CC(C)S)(COC(=O)CC(C)S)COC(=O)CC(C)SCC(C)C(=O)OCCOP(=O)(O)O. The first-order valence-corrected chi connectivity index (χ1v) is 18.5. The fourth-order valence-corrected chi connectivity index (χ4v) is 5.02. The second-order valence-electron chi connectivity index (χ2n) is 11.0. The van der Waals surface area contributed by atoms with Gasteiger partial charge in [0.2, 0.25) is 0 Å². The summed E-state index contributed by atoms with van der Waals surface area (Å²) in [7, 11) is -4.66. The molecule has 5 atom stereocenters. The van der Waals surface area contributed by atoms with Crippen LogP contribution in [0.1, 0.15) is 60.3 Å². The van der Waals surface area contributed by atoms with Crippen LogP contribution in [0.2, 0.25) is 0 Å². The van der Waals surface area contributed by atoms with Gasteiger partial charge < -0.3 is 33.5 Å². The van der Waals surface area contributed by atoms with Crippen molar-refractivity contribution in [1.29, 1.82) is 0 Å². The number of carbonyl (C=O) groups excluding carboxylic acids is 5. The molecule has 2 N–H and O–H groups in total. The lowest BCUT2D eigenvalue weighted by molar-refractivity contribution is -0.170. The number of esters is 5. The average molecular weight is 755 g/mol. The molecule has 268 valence electrons. The monoisotopic (exact) mass is 754 g/mol. The molecule has 0 bridgehead atoms. The Kier molecular flexibility index (Phi) is 22.7. The summed E-state index contributed by atoms with van der Waals surface area (Å²) in [5, 5.41) is -1.20. The zero-order chi connectivity index (χ0) is 35.5. The molecule has 0 radical (unpaired) electrons. The van der Waals surface area contributed by atoms with Crippen LogP contribution in [0.4, 0.5) is 0 Å². The van der Waals surface area contributed by atoms with Gasteiger partial charge in [0.1, 0.15) is 38.4 Å². The summed E-state index contributed by atoms with van der Waals surface area (Å²) in [6, 6.07) is 0. The minimum atomic E-state index is -4.66. The summed E-state index contributed by atoms with van der Waals surface area (Å²) in [5.41, 5.74) is -1.42. The standard InChI is InChI=1S/C27H47O14PS4/c1-17(26(32)36-6-7-41-42(33,34)35)12-46-21(5)11-25(31)40-16-27(13-37-22(28)8-18(2)43,14-38-23(29)9-19(3)44)15-39-24(30)10-20(4)45/h17-21,43-45H,6-16H2,1-5H3,(H2,33,34,35). The van der Waals surface area contributed by atoms with E-state index in [1.807, 2.05) is 0 Å². The minimum absolute atomic E-state index is 0.0191. The number of phosphoric acid groups is 1. The molecular weight excluding hydrogens is 708 g/mol. The van der Waals surface area contributed by atoms with Crippen molar-refractivity contribution in [2.24, 2.45) is 11.3 Å². The topological polar surface area (TPSA) is 198 Å². The third kappa shape index (κ3) is 24.1. The van der Waals surface area contributed by atoms with Gasteiger partial charge in [-0.2, -0.15) is 49.6 Å². The molecule has 5 unspecified atom stereocenters. The van der Waals surface area contributed by atoms with Gasteiger partial charge in [-0.05, 0) is 0 Å². The van der Waals surface area contributed by atoms with Crippen LogP contribution in [0.5, 0.6) is 0 Å². The van der Waals surface area contributed by atoms with Crippen LogP contribution < -0.4 is 0 Å². The van der Waals surface area contributed by atoms with Gasteiger partial charge >= 0.3 is 37.7 Å². The van der Waals surface area contributed by atoms with Crippen molar-refractivity contribution in [3.8, 4) is 0 Å². The quantitative estimate of drug-likeness (QED) is 0.0317. The Bertz CT molecular complexity index is 956. The Hall–Kier alpha value is -1.14. The lowest BCUT2D eigenvalue weighted by Crippen LogP contribution is -2.44. The minimum Gasteiger partial charge on any atom is -0.465 e. The molecule has 0 aromatic carbocycles. The third-order valence-electron chi connectivity index (χ3n) is 5.62. The fraction of sp³-hybridized carbons (Fsp3) is 0.815. The zero-order valence-corrected chi connectivity index (χ0v) is 31.0. The first-order chi connectivity index (χ1) is 21.2. The van der Waals surface area contributed by atoms with E-state index in [4.69, 9.17) is 33.5 Å². The maximum absolute atomic E-state index is 12.8.